The Hall–Kier alpha value is -4.83. The second-order valence-corrected chi connectivity index (χ2v) is 14.1. The molecule has 0 radical (unpaired) electrons. The highest BCUT2D eigenvalue weighted by Gasteiger charge is 2.47. The molecule has 2 aromatic heterocycles. The Morgan fingerprint density at radius 1 is 1.00 bits per heavy atom. The van der Waals surface area contributed by atoms with Crippen LogP contribution in [0, 0.1) is 11.8 Å². The van der Waals surface area contributed by atoms with Gasteiger partial charge in [0.2, 0.25) is 5.91 Å². The Morgan fingerprint density at radius 2 is 1.83 bits per heavy atom. The summed E-state index contributed by atoms with van der Waals surface area (Å²) in [6, 6.07) is 16.8. The number of aromatic nitrogens is 3. The predicted octanol–water partition coefficient (Wildman–Crippen LogP) is 5.74. The Labute approximate surface area is 278 Å². The van der Waals surface area contributed by atoms with Gasteiger partial charge in [-0.05, 0) is 85.4 Å². The number of anilines is 1. The largest absolute Gasteiger partial charge is 0.496 e. The van der Waals surface area contributed by atoms with Gasteiger partial charge >= 0.3 is 0 Å². The molecule has 246 valence electrons. The Morgan fingerprint density at radius 3 is 2.56 bits per heavy atom. The zero-order valence-electron chi connectivity index (χ0n) is 27.6. The molecule has 4 aliphatic rings. The van der Waals surface area contributed by atoms with Crippen molar-refractivity contribution in [2.24, 2.45) is 24.6 Å². The van der Waals surface area contributed by atoms with Crippen LogP contribution in [0.4, 0.5) is 5.69 Å². The van der Waals surface area contributed by atoms with Crippen LogP contribution in [-0.4, -0.2) is 63.7 Å². The van der Waals surface area contributed by atoms with Crippen molar-refractivity contribution >= 4 is 39.4 Å². The number of carbonyl (C=O) groups is 2. The number of likely N-dealkylation sites (tertiary alicyclic amines) is 1. The number of hydrogen-bond donors (Lipinski definition) is 2. The van der Waals surface area contributed by atoms with E-state index in [9.17, 15) is 9.59 Å². The summed E-state index contributed by atoms with van der Waals surface area (Å²) in [6.07, 6.45) is 5.68. The highest BCUT2D eigenvalue weighted by Crippen LogP contribution is 2.42. The van der Waals surface area contributed by atoms with E-state index in [1.807, 2.05) is 30.1 Å². The third-order valence-corrected chi connectivity index (χ3v) is 11.2. The van der Waals surface area contributed by atoms with Gasteiger partial charge in [0, 0.05) is 72.4 Å². The first-order valence-electron chi connectivity index (χ1n) is 17.1. The van der Waals surface area contributed by atoms with Crippen molar-refractivity contribution in [1.29, 1.82) is 0 Å². The van der Waals surface area contributed by atoms with E-state index in [1.165, 1.54) is 12.8 Å². The number of piperidine rings is 1. The highest BCUT2D eigenvalue weighted by atomic mass is 16.5. The van der Waals surface area contributed by atoms with Crippen molar-refractivity contribution in [3.05, 3.63) is 59.7 Å². The molecule has 1 saturated heterocycles. The fourth-order valence-corrected chi connectivity index (χ4v) is 8.43. The number of fused-ring (bicyclic) bond motifs is 5. The van der Waals surface area contributed by atoms with Crippen molar-refractivity contribution in [2.45, 2.75) is 57.2 Å². The zero-order chi connectivity index (χ0) is 32.8. The molecule has 9 rings (SSSR count). The second-order valence-electron chi connectivity index (χ2n) is 14.1. The van der Waals surface area contributed by atoms with Crippen LogP contribution in [0.25, 0.3) is 44.6 Å². The van der Waals surface area contributed by atoms with Gasteiger partial charge in [-0.15, -0.1) is 0 Å². The lowest BCUT2D eigenvalue weighted by Gasteiger charge is -2.27. The predicted molar refractivity (Wildman–Crippen MR) is 185 cm³/mol. The minimum Gasteiger partial charge on any atom is -0.496 e. The normalized spacial score (nSPS) is 21.6. The van der Waals surface area contributed by atoms with Crippen LogP contribution in [-0.2, 0) is 24.8 Å². The number of imidazole rings is 1. The first-order valence-corrected chi connectivity index (χ1v) is 17.1. The lowest BCUT2D eigenvalue weighted by Crippen LogP contribution is -2.41. The second kappa shape index (κ2) is 10.8. The van der Waals surface area contributed by atoms with Crippen LogP contribution >= 0.6 is 0 Å². The van der Waals surface area contributed by atoms with Crippen molar-refractivity contribution in [3.8, 4) is 34.1 Å². The molecule has 3 aromatic carbocycles. The minimum atomic E-state index is 0.000385. The Bertz CT molecular complexity index is 2160. The quantitative estimate of drug-likeness (QED) is 0.234. The number of methoxy groups -OCH3 is 2. The lowest BCUT2D eigenvalue weighted by molar-refractivity contribution is -0.116. The van der Waals surface area contributed by atoms with E-state index in [0.29, 0.717) is 36.0 Å². The molecule has 2 aliphatic carbocycles. The number of nitrogens with zero attached hydrogens (tertiary/aromatic N) is 4. The fraction of sp³-hybridized carbons (Fsp3) is 0.395. The van der Waals surface area contributed by atoms with Crippen molar-refractivity contribution in [2.75, 3.05) is 26.1 Å². The molecular formula is C38H40N6O4. The van der Waals surface area contributed by atoms with E-state index in [0.717, 1.165) is 87.5 Å². The summed E-state index contributed by atoms with van der Waals surface area (Å²) in [5.41, 5.74) is 14.8. The summed E-state index contributed by atoms with van der Waals surface area (Å²) in [5.74, 6) is 3.24. The van der Waals surface area contributed by atoms with E-state index in [2.05, 4.69) is 44.8 Å². The summed E-state index contributed by atoms with van der Waals surface area (Å²) in [4.78, 5) is 33.0. The van der Waals surface area contributed by atoms with Crippen LogP contribution in [0.5, 0.6) is 11.5 Å². The molecule has 2 amide bonds. The number of aryl methyl sites for hydroxylation is 2. The number of nitrogens with one attached hydrogen (secondary N) is 1. The highest BCUT2D eigenvalue weighted by molar-refractivity contribution is 6.01. The lowest BCUT2D eigenvalue weighted by atomic mass is 9.95. The number of ether oxygens (including phenoxy) is 2. The maximum Gasteiger partial charge on any atom is 0.254 e. The molecule has 0 spiro atoms. The van der Waals surface area contributed by atoms with Gasteiger partial charge < -0.3 is 34.6 Å². The van der Waals surface area contributed by atoms with Crippen LogP contribution in [0.3, 0.4) is 0 Å². The van der Waals surface area contributed by atoms with Gasteiger partial charge in [-0.1, -0.05) is 12.1 Å². The third-order valence-electron chi connectivity index (χ3n) is 11.2. The molecule has 2 saturated carbocycles. The first kappa shape index (κ1) is 29.3. The number of nitrogens with two attached hydrogens (primary N) is 1. The Balaban J connectivity index is 1.15. The van der Waals surface area contributed by atoms with Crippen LogP contribution in [0.1, 0.15) is 48.0 Å². The van der Waals surface area contributed by atoms with Crippen LogP contribution < -0.4 is 20.5 Å². The van der Waals surface area contributed by atoms with Crippen molar-refractivity contribution < 1.29 is 19.1 Å². The molecule has 3 fully saturated rings. The summed E-state index contributed by atoms with van der Waals surface area (Å²) in [7, 11) is 5.35. The van der Waals surface area contributed by atoms with Gasteiger partial charge in [0.25, 0.3) is 5.91 Å². The van der Waals surface area contributed by atoms with E-state index in [1.54, 1.807) is 14.2 Å². The SMILES string of the molecule is COc1cc2c(cc1-c1ccc3cc(-c4nc5cc(C(=O)N6CC7CCC6C7N)cc(OC)c5n4C)n(CC4CC4)c3c1)CCC(=O)N2. The van der Waals surface area contributed by atoms with E-state index in [4.69, 9.17) is 20.2 Å². The number of rotatable bonds is 7. The van der Waals surface area contributed by atoms with Gasteiger partial charge in [0.05, 0.1) is 25.4 Å². The molecule has 2 bridgehead atoms. The molecule has 2 aliphatic heterocycles. The van der Waals surface area contributed by atoms with E-state index < -0.39 is 0 Å². The third kappa shape index (κ3) is 4.52. The average Bonchev–Trinajstić information content (AvgIpc) is 3.50. The topological polar surface area (TPSA) is 117 Å². The summed E-state index contributed by atoms with van der Waals surface area (Å²) in [6.45, 7) is 1.62. The van der Waals surface area contributed by atoms with Gasteiger partial charge in [0.15, 0.2) is 5.82 Å². The molecule has 10 heteroatoms. The molecule has 48 heavy (non-hydrogen) atoms. The smallest absolute Gasteiger partial charge is 0.254 e. The first-order chi connectivity index (χ1) is 23.3. The van der Waals surface area contributed by atoms with Gasteiger partial charge in [-0.25, -0.2) is 4.98 Å². The standard InChI is InChI=1S/C38H40N6O4/c1-42-36-28(13-25(16-33(36)48-3)38(46)44-19-24-8-10-29(44)35(24)39)41-37(42)31-15-23-7-6-21(14-30(23)43(31)18-20-4-5-20)26-12-22-9-11-34(45)40-27(22)17-32(26)47-2/h6-7,12-17,20,24,29,35H,4-5,8-11,18-19,39H2,1-3H3,(H,40,45). The zero-order valence-corrected chi connectivity index (χ0v) is 27.6. The maximum atomic E-state index is 13.8. The van der Waals surface area contributed by atoms with E-state index in [-0.39, 0.29) is 23.9 Å². The summed E-state index contributed by atoms with van der Waals surface area (Å²) < 4.78 is 16.2. The number of benzene rings is 3. The molecule has 3 unspecified atom stereocenters. The maximum absolute atomic E-state index is 13.8. The van der Waals surface area contributed by atoms with Crippen LogP contribution in [0.15, 0.2) is 48.5 Å². The number of amides is 2. The molecule has 4 heterocycles. The van der Waals surface area contributed by atoms with Gasteiger partial charge in [-0.3, -0.25) is 9.59 Å². The number of hydrogen-bond acceptors (Lipinski definition) is 6. The monoisotopic (exact) mass is 644 g/mol. The van der Waals surface area contributed by atoms with Gasteiger partial charge in [-0.2, -0.15) is 0 Å². The fourth-order valence-electron chi connectivity index (χ4n) is 8.43. The minimum absolute atomic E-state index is 0.000385. The summed E-state index contributed by atoms with van der Waals surface area (Å²) in [5, 5.41) is 4.12. The molecule has 10 nitrogen and oxygen atoms in total. The molecule has 3 atom stereocenters. The van der Waals surface area contributed by atoms with Crippen LogP contribution in [0.2, 0.25) is 0 Å². The van der Waals surface area contributed by atoms with Crippen molar-refractivity contribution in [3.63, 3.8) is 0 Å². The molecule has 3 N–H and O–H groups in total. The van der Waals surface area contributed by atoms with E-state index >= 15 is 0 Å². The molecule has 5 aromatic rings. The molecular weight excluding hydrogens is 604 g/mol. The number of carbonyl (C=O) groups excluding carboxylic acids is 2. The van der Waals surface area contributed by atoms with Crippen molar-refractivity contribution in [1.82, 2.24) is 19.0 Å². The Kier molecular flexibility index (Phi) is 6.63. The average molecular weight is 645 g/mol. The van der Waals surface area contributed by atoms with Gasteiger partial charge in [0.1, 0.15) is 17.0 Å². The summed E-state index contributed by atoms with van der Waals surface area (Å²) >= 11 is 0.